The van der Waals surface area contributed by atoms with E-state index in [1.807, 2.05) is 0 Å². The monoisotopic (exact) mass is 504 g/mol. The molecule has 2 nitrogen and oxygen atoms in total. The van der Waals surface area contributed by atoms with Gasteiger partial charge in [0, 0.05) is 49.1 Å². The lowest BCUT2D eigenvalue weighted by Crippen LogP contribution is -2.50. The predicted molar refractivity (Wildman–Crippen MR) is 102 cm³/mol. The van der Waals surface area contributed by atoms with Crippen LogP contribution in [-0.4, -0.2) is 11.6 Å². The number of carbonyl (C=O) groups is 2. The summed E-state index contributed by atoms with van der Waals surface area (Å²) in [6, 6.07) is 0. The minimum atomic E-state index is -0.234. The van der Waals surface area contributed by atoms with E-state index in [4.69, 9.17) is 0 Å². The molecular weight excluding hydrogens is 478 g/mol. The Labute approximate surface area is 146 Å². The second kappa shape index (κ2) is 7.20. The molecule has 0 aromatic heterocycles. The van der Waals surface area contributed by atoms with Gasteiger partial charge in [-0.25, -0.2) is 0 Å². The molecule has 0 amide bonds. The Balaban J connectivity index is 0.00000172. The molecule has 2 unspecified atom stereocenters. The molecular formula is C16H26I2O2. The summed E-state index contributed by atoms with van der Waals surface area (Å²) in [6.07, 6.45) is 0. The largest absolute Gasteiger partial charge is 0.300 e. The Bertz CT molecular complexity index is 394. The summed E-state index contributed by atoms with van der Waals surface area (Å²) in [4.78, 5) is 24.2. The molecule has 0 radical (unpaired) electrons. The summed E-state index contributed by atoms with van der Waals surface area (Å²) < 4.78 is 0. The minimum Gasteiger partial charge on any atom is -0.300 e. The zero-order chi connectivity index (χ0) is 16.5. The summed E-state index contributed by atoms with van der Waals surface area (Å²) in [5.41, 5.74) is 2.04. The SMILES string of the molecule is CC(=O)C1C(C(C)=O)C(C)(C)C(C)=C(C)C1(C)C.II. The van der Waals surface area contributed by atoms with Crippen LogP contribution in [0.15, 0.2) is 11.1 Å². The van der Waals surface area contributed by atoms with Crippen LogP contribution in [-0.2, 0) is 9.59 Å². The van der Waals surface area contributed by atoms with Crippen molar-refractivity contribution in [1.29, 1.82) is 0 Å². The van der Waals surface area contributed by atoms with Gasteiger partial charge in [0.2, 0.25) is 0 Å². The van der Waals surface area contributed by atoms with Crippen molar-refractivity contribution in [3.05, 3.63) is 11.1 Å². The maximum Gasteiger partial charge on any atom is 0.134 e. The predicted octanol–water partition coefficient (Wildman–Crippen LogP) is 5.57. The lowest BCUT2D eigenvalue weighted by Gasteiger charge is -2.51. The van der Waals surface area contributed by atoms with Crippen molar-refractivity contribution in [2.45, 2.75) is 55.4 Å². The Hall–Kier alpha value is 0.540. The molecule has 1 aliphatic carbocycles. The molecule has 20 heavy (non-hydrogen) atoms. The smallest absolute Gasteiger partial charge is 0.134 e. The summed E-state index contributed by atoms with van der Waals surface area (Å²) in [5, 5.41) is 0. The highest BCUT2D eigenvalue weighted by Gasteiger charge is 2.53. The van der Waals surface area contributed by atoms with E-state index in [0.29, 0.717) is 0 Å². The highest BCUT2D eigenvalue weighted by Crippen LogP contribution is 2.55. The van der Waals surface area contributed by atoms with Gasteiger partial charge in [-0.1, -0.05) is 38.8 Å². The lowest BCUT2D eigenvalue weighted by atomic mass is 9.51. The highest BCUT2D eigenvalue weighted by atomic mass is 128. The fourth-order valence-corrected chi connectivity index (χ4v) is 3.75. The Morgan fingerprint density at radius 1 is 0.800 bits per heavy atom. The average Bonchev–Trinajstić information content (AvgIpc) is 2.33. The van der Waals surface area contributed by atoms with Gasteiger partial charge in [0.15, 0.2) is 0 Å². The molecule has 4 heteroatoms. The van der Waals surface area contributed by atoms with Crippen LogP contribution in [0.25, 0.3) is 0 Å². The zero-order valence-electron chi connectivity index (χ0n) is 13.7. The van der Waals surface area contributed by atoms with Gasteiger partial charge in [-0.3, -0.25) is 9.59 Å². The summed E-state index contributed by atoms with van der Waals surface area (Å²) in [7, 11) is 0. The number of allylic oxidation sites excluding steroid dienone is 2. The van der Waals surface area contributed by atoms with Crippen LogP contribution in [0, 0.1) is 22.7 Å². The first kappa shape index (κ1) is 20.5. The van der Waals surface area contributed by atoms with Crippen LogP contribution in [0.5, 0.6) is 0 Å². The van der Waals surface area contributed by atoms with E-state index in [-0.39, 0.29) is 34.2 Å². The summed E-state index contributed by atoms with van der Waals surface area (Å²) in [5.74, 6) is -0.178. The van der Waals surface area contributed by atoms with E-state index < -0.39 is 0 Å². The second-order valence-electron chi connectivity index (χ2n) is 6.87. The van der Waals surface area contributed by atoms with Gasteiger partial charge >= 0.3 is 0 Å². The van der Waals surface area contributed by atoms with Crippen LogP contribution < -0.4 is 0 Å². The highest BCUT2D eigenvalue weighted by molar-refractivity contribution is 15.0. The zero-order valence-corrected chi connectivity index (χ0v) is 18.0. The second-order valence-corrected chi connectivity index (χ2v) is 6.87. The Morgan fingerprint density at radius 2 is 1.00 bits per heavy atom. The fraction of sp³-hybridized carbons (Fsp3) is 0.750. The third kappa shape index (κ3) is 3.47. The molecule has 0 aliphatic heterocycles. The third-order valence-corrected chi connectivity index (χ3v) is 5.26. The molecule has 0 bridgehead atoms. The van der Waals surface area contributed by atoms with Crippen LogP contribution >= 0.6 is 37.2 Å². The number of Topliss-reactive ketones (excluding diaryl/α,β-unsaturated/α-hetero) is 2. The van der Waals surface area contributed by atoms with E-state index in [1.165, 1.54) is 11.1 Å². The summed E-state index contributed by atoms with van der Waals surface area (Å²) >= 11 is 4.24. The van der Waals surface area contributed by atoms with Gasteiger partial charge in [-0.2, -0.15) is 0 Å². The Kier molecular flexibility index (Phi) is 7.40. The van der Waals surface area contributed by atoms with E-state index in [9.17, 15) is 9.59 Å². The fourth-order valence-electron chi connectivity index (χ4n) is 3.75. The maximum atomic E-state index is 12.1. The number of carbonyl (C=O) groups excluding carboxylic acids is 2. The minimum absolute atomic E-state index is 0.125. The number of hydrogen-bond donors (Lipinski definition) is 0. The molecule has 0 spiro atoms. The third-order valence-electron chi connectivity index (χ3n) is 5.26. The van der Waals surface area contributed by atoms with Crippen LogP contribution in [0.2, 0.25) is 0 Å². The van der Waals surface area contributed by atoms with E-state index in [2.05, 4.69) is 78.8 Å². The van der Waals surface area contributed by atoms with Crippen LogP contribution in [0.4, 0.5) is 0 Å². The lowest BCUT2D eigenvalue weighted by molar-refractivity contribution is -0.139. The average molecular weight is 504 g/mol. The van der Waals surface area contributed by atoms with Gasteiger partial charge in [0.1, 0.15) is 11.6 Å². The van der Waals surface area contributed by atoms with Crippen molar-refractivity contribution in [2.75, 3.05) is 0 Å². The molecule has 0 heterocycles. The van der Waals surface area contributed by atoms with Crippen LogP contribution in [0.1, 0.15) is 55.4 Å². The van der Waals surface area contributed by atoms with Gasteiger partial charge < -0.3 is 0 Å². The standard InChI is InChI=1S/C16H26O2.I2/c1-9-10(2)16(7,8)14(12(4)18)13(11(3)17)15(9,5)6;1-2/h13-14H,1-8H3;. The number of halogens is 2. The molecule has 0 N–H and O–H groups in total. The number of rotatable bonds is 2. The number of hydrogen-bond acceptors (Lipinski definition) is 2. The normalized spacial score (nSPS) is 27.5. The molecule has 0 fully saturated rings. The van der Waals surface area contributed by atoms with Crippen molar-refractivity contribution in [1.82, 2.24) is 0 Å². The Morgan fingerprint density at radius 3 is 1.15 bits per heavy atom. The molecule has 2 atom stereocenters. The van der Waals surface area contributed by atoms with Gasteiger partial charge in [0.05, 0.1) is 0 Å². The maximum absolute atomic E-state index is 12.1. The quantitative estimate of drug-likeness (QED) is 0.364. The van der Waals surface area contributed by atoms with Crippen molar-refractivity contribution < 1.29 is 9.59 Å². The first-order valence-corrected chi connectivity index (χ1v) is 13.1. The van der Waals surface area contributed by atoms with Crippen molar-refractivity contribution in [2.24, 2.45) is 22.7 Å². The first-order chi connectivity index (χ1) is 8.95. The van der Waals surface area contributed by atoms with Crippen molar-refractivity contribution in [3.63, 3.8) is 0 Å². The van der Waals surface area contributed by atoms with E-state index in [0.717, 1.165) is 0 Å². The molecule has 0 aromatic rings. The van der Waals surface area contributed by atoms with Gasteiger partial charge in [-0.15, -0.1) is 0 Å². The van der Waals surface area contributed by atoms with E-state index in [1.54, 1.807) is 13.8 Å². The molecule has 0 saturated carbocycles. The van der Waals surface area contributed by atoms with Crippen molar-refractivity contribution in [3.8, 4) is 0 Å². The number of ketones is 2. The molecule has 0 saturated heterocycles. The molecule has 116 valence electrons. The topological polar surface area (TPSA) is 34.1 Å². The first-order valence-electron chi connectivity index (χ1n) is 6.79. The van der Waals surface area contributed by atoms with Crippen LogP contribution in [0.3, 0.4) is 0 Å². The molecule has 1 aliphatic rings. The van der Waals surface area contributed by atoms with Gasteiger partial charge in [-0.05, 0) is 38.5 Å². The summed E-state index contributed by atoms with van der Waals surface area (Å²) in [6.45, 7) is 15.8. The van der Waals surface area contributed by atoms with E-state index >= 15 is 0 Å². The van der Waals surface area contributed by atoms with Gasteiger partial charge in [0.25, 0.3) is 0 Å². The van der Waals surface area contributed by atoms with Crippen molar-refractivity contribution >= 4 is 48.8 Å². The molecule has 0 aromatic carbocycles. The molecule has 1 rings (SSSR count).